The van der Waals surface area contributed by atoms with Gasteiger partial charge in [0, 0.05) is 12.1 Å². The minimum absolute atomic E-state index is 0.0477. The number of ether oxygens (including phenoxy) is 1. The zero-order valence-electron chi connectivity index (χ0n) is 16.1. The van der Waals surface area contributed by atoms with Crippen molar-refractivity contribution in [2.24, 2.45) is 0 Å². The Bertz CT molecular complexity index is 959. The van der Waals surface area contributed by atoms with Crippen LogP contribution in [0.3, 0.4) is 0 Å². The maximum Gasteiger partial charge on any atom is 0.338 e. The van der Waals surface area contributed by atoms with Crippen molar-refractivity contribution < 1.29 is 19.1 Å². The molecule has 3 rings (SSSR count). The van der Waals surface area contributed by atoms with E-state index in [1.807, 2.05) is 25.1 Å². The highest BCUT2D eigenvalue weighted by Gasteiger charge is 2.39. The van der Waals surface area contributed by atoms with E-state index in [1.165, 1.54) is 4.90 Å². The van der Waals surface area contributed by atoms with Gasteiger partial charge >= 0.3 is 5.97 Å². The Morgan fingerprint density at radius 3 is 2.52 bits per heavy atom. The molecule has 1 fully saturated rings. The van der Waals surface area contributed by atoms with Gasteiger partial charge in [-0.2, -0.15) is 0 Å². The van der Waals surface area contributed by atoms with Crippen LogP contribution in [0.5, 0.6) is 0 Å². The normalized spacial score (nSPS) is 16.1. The molecule has 1 atom stereocenters. The fourth-order valence-electron chi connectivity index (χ4n) is 2.94. The summed E-state index contributed by atoms with van der Waals surface area (Å²) in [7, 11) is 0. The second-order valence-corrected chi connectivity index (χ2v) is 7.61. The minimum atomic E-state index is -0.652. The molecule has 1 aliphatic rings. The van der Waals surface area contributed by atoms with Crippen molar-refractivity contribution in [3.05, 3.63) is 59.7 Å². The highest BCUT2D eigenvalue weighted by Crippen LogP contribution is 2.34. The Balaban J connectivity index is 1.62. The predicted molar refractivity (Wildman–Crippen MR) is 113 cm³/mol. The molecular weight excluding hydrogens is 390 g/mol. The van der Waals surface area contributed by atoms with Crippen LogP contribution in [0.4, 0.5) is 11.4 Å². The molecule has 2 aromatic rings. The van der Waals surface area contributed by atoms with Gasteiger partial charge in [-0.25, -0.2) is 4.79 Å². The summed E-state index contributed by atoms with van der Waals surface area (Å²) in [6, 6.07) is 13.7. The van der Waals surface area contributed by atoms with Gasteiger partial charge < -0.3 is 10.1 Å². The number of esters is 1. The van der Waals surface area contributed by atoms with E-state index in [0.717, 1.165) is 17.3 Å². The van der Waals surface area contributed by atoms with Gasteiger partial charge in [-0.05, 0) is 49.7 Å². The Morgan fingerprint density at radius 2 is 1.86 bits per heavy atom. The molecule has 7 nitrogen and oxygen atoms in total. The molecule has 8 heteroatoms. The van der Waals surface area contributed by atoms with Gasteiger partial charge in [-0.3, -0.25) is 19.9 Å². The lowest BCUT2D eigenvalue weighted by atomic mass is 10.1. The summed E-state index contributed by atoms with van der Waals surface area (Å²) in [4.78, 5) is 38.2. The van der Waals surface area contributed by atoms with Crippen LogP contribution in [0.1, 0.15) is 29.3 Å². The summed E-state index contributed by atoms with van der Waals surface area (Å²) in [5.74, 6) is -1.03. The van der Waals surface area contributed by atoms with E-state index in [1.54, 1.807) is 37.3 Å². The molecule has 0 bridgehead atoms. The summed E-state index contributed by atoms with van der Waals surface area (Å²) in [5.41, 5.74) is 2.46. The molecular formula is C21H21N3O4S. The quantitative estimate of drug-likeness (QED) is 0.708. The summed E-state index contributed by atoms with van der Waals surface area (Å²) >= 11 is 1.07. The molecule has 2 aromatic carbocycles. The van der Waals surface area contributed by atoms with Gasteiger partial charge in [0.15, 0.2) is 5.17 Å². The number of nitrogens with zero attached hydrogens (tertiary/aromatic N) is 1. The average molecular weight is 411 g/mol. The van der Waals surface area contributed by atoms with E-state index in [2.05, 4.69) is 5.32 Å². The maximum atomic E-state index is 12.8. The molecule has 2 amide bonds. The first-order valence-electron chi connectivity index (χ1n) is 9.12. The number of amidine groups is 1. The fourth-order valence-corrected chi connectivity index (χ4v) is 3.94. The van der Waals surface area contributed by atoms with Crippen molar-refractivity contribution in [3.8, 4) is 0 Å². The van der Waals surface area contributed by atoms with Crippen molar-refractivity contribution in [2.45, 2.75) is 25.5 Å². The maximum absolute atomic E-state index is 12.8. The number of carbonyl (C=O) groups is 3. The highest BCUT2D eigenvalue weighted by molar-refractivity contribution is 8.16. The largest absolute Gasteiger partial charge is 0.462 e. The van der Waals surface area contributed by atoms with Crippen LogP contribution in [-0.2, 0) is 14.3 Å². The number of carbonyl (C=O) groups excluding carboxylic acids is 3. The molecule has 1 heterocycles. The molecule has 1 unspecified atom stereocenters. The van der Waals surface area contributed by atoms with E-state index in [0.29, 0.717) is 23.5 Å². The van der Waals surface area contributed by atoms with Crippen molar-refractivity contribution >= 4 is 46.1 Å². The second kappa shape index (κ2) is 8.91. The molecule has 0 radical (unpaired) electrons. The third kappa shape index (κ3) is 4.65. The zero-order chi connectivity index (χ0) is 21.0. The smallest absolute Gasteiger partial charge is 0.338 e. The Kier molecular flexibility index (Phi) is 6.33. The highest BCUT2D eigenvalue weighted by atomic mass is 32.2. The van der Waals surface area contributed by atoms with Crippen molar-refractivity contribution in [3.63, 3.8) is 0 Å². The first-order chi connectivity index (χ1) is 13.9. The summed E-state index contributed by atoms with van der Waals surface area (Å²) in [6.07, 6.45) is -0.0477. The lowest BCUT2D eigenvalue weighted by Crippen LogP contribution is -2.33. The van der Waals surface area contributed by atoms with Gasteiger partial charge in [0.2, 0.25) is 11.8 Å². The number of hydrogen-bond acceptors (Lipinski definition) is 6. The molecule has 29 heavy (non-hydrogen) atoms. The fraction of sp³-hybridized carbons (Fsp3) is 0.238. The van der Waals surface area contributed by atoms with Crippen molar-refractivity contribution in [1.29, 1.82) is 5.41 Å². The van der Waals surface area contributed by atoms with E-state index >= 15 is 0 Å². The molecule has 0 saturated carbocycles. The number of thioether (sulfide) groups is 1. The number of aryl methyl sites for hydroxylation is 1. The Morgan fingerprint density at radius 1 is 1.17 bits per heavy atom. The topological polar surface area (TPSA) is 99.6 Å². The average Bonchev–Trinajstić information content (AvgIpc) is 2.96. The molecule has 1 aliphatic heterocycles. The minimum Gasteiger partial charge on any atom is -0.462 e. The second-order valence-electron chi connectivity index (χ2n) is 6.42. The molecule has 150 valence electrons. The number of nitrogens with one attached hydrogen (secondary N) is 2. The molecule has 1 saturated heterocycles. The molecule has 0 spiro atoms. The van der Waals surface area contributed by atoms with Crippen LogP contribution < -0.4 is 10.2 Å². The third-order valence-electron chi connectivity index (χ3n) is 4.36. The summed E-state index contributed by atoms with van der Waals surface area (Å²) in [6.45, 7) is 3.90. The van der Waals surface area contributed by atoms with Crippen LogP contribution in [0.15, 0.2) is 48.5 Å². The first kappa shape index (κ1) is 20.6. The third-order valence-corrected chi connectivity index (χ3v) is 5.42. The van der Waals surface area contributed by atoms with Gasteiger partial charge in [0.05, 0.1) is 17.9 Å². The van der Waals surface area contributed by atoms with Crippen LogP contribution in [0, 0.1) is 12.3 Å². The van der Waals surface area contributed by atoms with Gasteiger partial charge in [0.25, 0.3) is 0 Å². The molecule has 0 aromatic heterocycles. The zero-order valence-corrected chi connectivity index (χ0v) is 16.9. The van der Waals surface area contributed by atoms with Crippen LogP contribution in [0.2, 0.25) is 0 Å². The Labute approximate surface area is 172 Å². The van der Waals surface area contributed by atoms with Crippen molar-refractivity contribution in [1.82, 2.24) is 0 Å². The number of rotatable bonds is 6. The summed E-state index contributed by atoms with van der Waals surface area (Å²) < 4.78 is 4.92. The lowest BCUT2D eigenvalue weighted by molar-refractivity contribution is -0.121. The van der Waals surface area contributed by atoms with E-state index in [4.69, 9.17) is 10.1 Å². The number of para-hydroxylation sites is 1. The van der Waals surface area contributed by atoms with Gasteiger partial charge in [-0.1, -0.05) is 30.0 Å². The van der Waals surface area contributed by atoms with Gasteiger partial charge in [0.1, 0.15) is 5.25 Å². The number of benzene rings is 2. The standard InChI is InChI=1S/C21H21N3O4S/c1-3-28-20(27)14-8-10-15(11-9-14)23-18(25)12-17-19(26)24(21(22)29-17)16-7-5-4-6-13(16)2/h4-11,17,22H,3,12H2,1-2H3,(H,23,25). The number of anilines is 2. The SMILES string of the molecule is CCOC(=O)c1ccc(NC(=O)CC2SC(=N)N(c3ccccc3C)C2=O)cc1. The molecule has 0 aliphatic carbocycles. The monoisotopic (exact) mass is 411 g/mol. The molecule has 2 N–H and O–H groups in total. The van der Waals surface area contributed by atoms with E-state index in [-0.39, 0.29) is 23.4 Å². The van der Waals surface area contributed by atoms with Crippen LogP contribution in [-0.4, -0.2) is 34.8 Å². The Hall–Kier alpha value is -3.13. The van der Waals surface area contributed by atoms with Gasteiger partial charge in [-0.15, -0.1) is 0 Å². The first-order valence-corrected chi connectivity index (χ1v) is 10.0. The predicted octanol–water partition coefficient (Wildman–Crippen LogP) is 3.58. The van der Waals surface area contributed by atoms with Crippen molar-refractivity contribution in [2.75, 3.05) is 16.8 Å². The van der Waals surface area contributed by atoms with Crippen LogP contribution in [0.25, 0.3) is 0 Å². The lowest BCUT2D eigenvalue weighted by Gasteiger charge is -2.17. The van der Waals surface area contributed by atoms with E-state index in [9.17, 15) is 14.4 Å². The number of amides is 2. The number of hydrogen-bond donors (Lipinski definition) is 2. The van der Waals surface area contributed by atoms with E-state index < -0.39 is 11.2 Å². The van der Waals surface area contributed by atoms with Crippen LogP contribution >= 0.6 is 11.8 Å². The summed E-state index contributed by atoms with van der Waals surface area (Å²) in [5, 5.41) is 10.3.